The lowest BCUT2D eigenvalue weighted by molar-refractivity contribution is 0.104. The van der Waals surface area contributed by atoms with Gasteiger partial charge in [-0.15, -0.1) is 0 Å². The van der Waals surface area contributed by atoms with Crippen molar-refractivity contribution >= 4 is 43.5 Å². The molecule has 1 nitrogen and oxygen atoms in total. The zero-order valence-electron chi connectivity index (χ0n) is 9.06. The molecule has 0 spiro atoms. The molecule has 5 heteroatoms. The molecule has 1 aliphatic heterocycles. The summed E-state index contributed by atoms with van der Waals surface area (Å²) in [6.45, 7) is 0.813. The van der Waals surface area contributed by atoms with E-state index in [0.717, 1.165) is 25.9 Å². The third-order valence-corrected chi connectivity index (χ3v) is 4.94. The highest BCUT2D eigenvalue weighted by atomic mass is 79.9. The van der Waals surface area contributed by atoms with Gasteiger partial charge in [0.15, 0.2) is 0 Å². The van der Waals surface area contributed by atoms with Gasteiger partial charge in [-0.3, -0.25) is 0 Å². The SMILES string of the molecule is Fc1cc(Br)c(Cl)cc1C(Br)CC1CCCO1. The first-order valence-electron chi connectivity index (χ1n) is 5.48. The average molecular weight is 386 g/mol. The van der Waals surface area contributed by atoms with E-state index in [1.54, 1.807) is 6.07 Å². The Labute approximate surface area is 122 Å². The van der Waals surface area contributed by atoms with Crippen LogP contribution in [0.15, 0.2) is 16.6 Å². The molecule has 17 heavy (non-hydrogen) atoms. The van der Waals surface area contributed by atoms with Gasteiger partial charge in [0.25, 0.3) is 0 Å². The van der Waals surface area contributed by atoms with E-state index in [4.69, 9.17) is 16.3 Å². The van der Waals surface area contributed by atoms with Crippen LogP contribution in [0.3, 0.4) is 0 Å². The molecule has 0 aliphatic carbocycles. The quantitative estimate of drug-likeness (QED) is 0.509. The van der Waals surface area contributed by atoms with E-state index in [-0.39, 0.29) is 16.7 Å². The average Bonchev–Trinajstić information content (AvgIpc) is 2.76. The van der Waals surface area contributed by atoms with Crippen molar-refractivity contribution in [3.63, 3.8) is 0 Å². The fourth-order valence-electron chi connectivity index (χ4n) is 1.97. The van der Waals surface area contributed by atoms with Crippen molar-refractivity contribution < 1.29 is 9.13 Å². The number of hydrogen-bond donors (Lipinski definition) is 0. The van der Waals surface area contributed by atoms with E-state index in [1.807, 2.05) is 0 Å². The topological polar surface area (TPSA) is 9.23 Å². The first kappa shape index (κ1) is 13.8. The van der Waals surface area contributed by atoms with Gasteiger partial charge in [-0.1, -0.05) is 27.5 Å². The molecule has 0 aromatic heterocycles. The summed E-state index contributed by atoms with van der Waals surface area (Å²) >= 11 is 12.7. The van der Waals surface area contributed by atoms with Crippen molar-refractivity contribution in [2.45, 2.75) is 30.2 Å². The number of halogens is 4. The van der Waals surface area contributed by atoms with Crippen molar-refractivity contribution in [3.8, 4) is 0 Å². The predicted octanol–water partition coefficient (Wildman–Crippen LogP) is 5.25. The molecule has 0 bridgehead atoms. The van der Waals surface area contributed by atoms with Crippen LogP contribution in [-0.2, 0) is 4.74 Å². The zero-order valence-corrected chi connectivity index (χ0v) is 13.0. The van der Waals surface area contributed by atoms with Gasteiger partial charge in [0.2, 0.25) is 0 Å². The van der Waals surface area contributed by atoms with E-state index in [0.29, 0.717) is 15.1 Å². The van der Waals surface area contributed by atoms with Crippen molar-refractivity contribution in [3.05, 3.63) is 33.0 Å². The number of ether oxygens (including phenoxy) is 1. The summed E-state index contributed by atoms with van der Waals surface area (Å²) in [6, 6.07) is 3.07. The summed E-state index contributed by atoms with van der Waals surface area (Å²) in [5.41, 5.74) is 0.591. The Morgan fingerprint density at radius 2 is 2.29 bits per heavy atom. The van der Waals surface area contributed by atoms with Crippen LogP contribution in [-0.4, -0.2) is 12.7 Å². The molecule has 0 amide bonds. The number of hydrogen-bond acceptors (Lipinski definition) is 1. The molecule has 1 fully saturated rings. The summed E-state index contributed by atoms with van der Waals surface area (Å²) < 4.78 is 19.9. The summed E-state index contributed by atoms with van der Waals surface area (Å²) in [5.74, 6) is -0.249. The van der Waals surface area contributed by atoms with Gasteiger partial charge in [0.05, 0.1) is 11.1 Å². The maximum atomic E-state index is 13.8. The van der Waals surface area contributed by atoms with Gasteiger partial charge in [-0.25, -0.2) is 4.39 Å². The maximum absolute atomic E-state index is 13.8. The van der Waals surface area contributed by atoms with Gasteiger partial charge >= 0.3 is 0 Å². The molecule has 1 aromatic rings. The molecule has 1 aromatic carbocycles. The van der Waals surface area contributed by atoms with Crippen molar-refractivity contribution in [1.29, 1.82) is 0 Å². The fraction of sp³-hybridized carbons (Fsp3) is 0.500. The van der Waals surface area contributed by atoms with E-state index >= 15 is 0 Å². The van der Waals surface area contributed by atoms with Crippen LogP contribution < -0.4 is 0 Å². The molecule has 94 valence electrons. The molecular weight excluding hydrogens is 374 g/mol. The Morgan fingerprint density at radius 3 is 2.94 bits per heavy atom. The van der Waals surface area contributed by atoms with Crippen molar-refractivity contribution in [2.24, 2.45) is 0 Å². The van der Waals surface area contributed by atoms with Crippen LogP contribution in [0.5, 0.6) is 0 Å². The Morgan fingerprint density at radius 1 is 1.53 bits per heavy atom. The summed E-state index contributed by atoms with van der Waals surface area (Å²) in [7, 11) is 0. The molecule has 1 saturated heterocycles. The van der Waals surface area contributed by atoms with Crippen LogP contribution in [0, 0.1) is 5.82 Å². The lowest BCUT2D eigenvalue weighted by Crippen LogP contribution is -2.09. The molecule has 0 saturated carbocycles. The maximum Gasteiger partial charge on any atom is 0.128 e. The third-order valence-electron chi connectivity index (χ3n) is 2.87. The largest absolute Gasteiger partial charge is 0.378 e. The van der Waals surface area contributed by atoms with Crippen LogP contribution in [0.4, 0.5) is 4.39 Å². The second kappa shape index (κ2) is 6.00. The lowest BCUT2D eigenvalue weighted by atomic mass is 10.0. The second-order valence-corrected chi connectivity index (χ2v) is 6.49. The minimum Gasteiger partial charge on any atom is -0.378 e. The third kappa shape index (κ3) is 3.43. The molecule has 0 N–H and O–H groups in total. The molecule has 2 unspecified atom stereocenters. The lowest BCUT2D eigenvalue weighted by Gasteiger charge is -2.16. The van der Waals surface area contributed by atoms with Gasteiger partial charge in [0, 0.05) is 21.5 Å². The molecule has 0 radical (unpaired) electrons. The molecule has 1 heterocycles. The van der Waals surface area contributed by atoms with Crippen molar-refractivity contribution in [1.82, 2.24) is 0 Å². The predicted molar refractivity (Wildman–Crippen MR) is 74.4 cm³/mol. The zero-order chi connectivity index (χ0) is 12.4. The van der Waals surface area contributed by atoms with E-state index in [2.05, 4.69) is 31.9 Å². The van der Waals surface area contributed by atoms with Crippen molar-refractivity contribution in [2.75, 3.05) is 6.61 Å². The smallest absolute Gasteiger partial charge is 0.128 e. The van der Waals surface area contributed by atoms with E-state index in [1.165, 1.54) is 6.07 Å². The Balaban J connectivity index is 2.12. The van der Waals surface area contributed by atoms with E-state index < -0.39 is 0 Å². The number of rotatable bonds is 3. The highest BCUT2D eigenvalue weighted by Crippen LogP contribution is 2.36. The van der Waals surface area contributed by atoms with Crippen LogP contribution >= 0.6 is 43.5 Å². The number of benzene rings is 1. The first-order chi connectivity index (χ1) is 8.08. The molecule has 2 rings (SSSR count). The normalized spacial score (nSPS) is 21.8. The minimum absolute atomic E-state index is 0.0591. The summed E-state index contributed by atoms with van der Waals surface area (Å²) in [6.07, 6.45) is 3.14. The van der Waals surface area contributed by atoms with Gasteiger partial charge in [0.1, 0.15) is 5.82 Å². The Hall–Kier alpha value is 0.360. The van der Waals surface area contributed by atoms with E-state index in [9.17, 15) is 4.39 Å². The van der Waals surface area contributed by atoms with Gasteiger partial charge in [-0.05, 0) is 47.3 Å². The molecular formula is C12H12Br2ClFO. The second-order valence-electron chi connectivity index (χ2n) is 4.13. The molecule has 1 aliphatic rings. The van der Waals surface area contributed by atoms with Gasteiger partial charge in [-0.2, -0.15) is 0 Å². The van der Waals surface area contributed by atoms with Gasteiger partial charge < -0.3 is 4.74 Å². The highest BCUT2D eigenvalue weighted by molar-refractivity contribution is 9.10. The Bertz CT molecular complexity index is 408. The Kier molecular flexibility index (Phi) is 4.87. The minimum atomic E-state index is -0.249. The first-order valence-corrected chi connectivity index (χ1v) is 7.56. The summed E-state index contributed by atoms with van der Waals surface area (Å²) in [4.78, 5) is -0.0591. The van der Waals surface area contributed by atoms with Crippen LogP contribution in [0.25, 0.3) is 0 Å². The fourth-order valence-corrected chi connectivity index (χ4v) is 3.22. The van der Waals surface area contributed by atoms with Crippen LogP contribution in [0.1, 0.15) is 29.7 Å². The number of alkyl halides is 1. The molecule has 2 atom stereocenters. The van der Waals surface area contributed by atoms with Crippen LogP contribution in [0.2, 0.25) is 5.02 Å². The monoisotopic (exact) mass is 384 g/mol. The highest BCUT2D eigenvalue weighted by Gasteiger charge is 2.22. The summed E-state index contributed by atoms with van der Waals surface area (Å²) in [5, 5.41) is 0.526. The standard InChI is InChI=1S/C12H12Br2ClFO/c13-9(4-7-2-1-3-17-7)8-5-11(15)10(14)6-12(8)16/h5-7,9H,1-4H2.